The van der Waals surface area contributed by atoms with Gasteiger partial charge in [-0.3, -0.25) is 0 Å². The van der Waals surface area contributed by atoms with Gasteiger partial charge in [0, 0.05) is 19.3 Å². The summed E-state index contributed by atoms with van der Waals surface area (Å²) in [5.41, 5.74) is 0.361. The lowest BCUT2D eigenvalue weighted by Gasteiger charge is -2.14. The van der Waals surface area contributed by atoms with E-state index in [9.17, 15) is 13.2 Å². The molecule has 0 spiro atoms. The standard InChI is InChI=1S/C11H15F3O2Si/c1-3-15-17(16-4-2)7-8-5-9(12)11(14)10(13)6-8/h5-6,17H,3-4,7H2,1-2H3. The molecule has 0 aliphatic rings. The normalized spacial score (nSPS) is 11.2. The largest absolute Gasteiger partial charge is 0.397 e. The Bertz CT molecular complexity index is 345. The quantitative estimate of drug-likeness (QED) is 0.580. The molecule has 1 aromatic rings. The average Bonchev–Trinajstić information content (AvgIpc) is 2.26. The number of rotatable bonds is 6. The SMILES string of the molecule is CCO[SiH](Cc1cc(F)c(F)c(F)c1)OCC. The van der Waals surface area contributed by atoms with Crippen LogP contribution in [0.3, 0.4) is 0 Å². The fourth-order valence-corrected chi connectivity index (χ4v) is 3.15. The maximum Gasteiger partial charge on any atom is 0.325 e. The Hall–Kier alpha value is -0.853. The van der Waals surface area contributed by atoms with Gasteiger partial charge in [0.05, 0.1) is 0 Å². The number of benzene rings is 1. The zero-order valence-corrected chi connectivity index (χ0v) is 11.0. The molecule has 0 N–H and O–H groups in total. The first-order chi connectivity index (χ1) is 8.08. The molecular formula is C11H15F3O2Si. The van der Waals surface area contributed by atoms with Crippen molar-refractivity contribution in [3.05, 3.63) is 35.1 Å². The van der Waals surface area contributed by atoms with Gasteiger partial charge in [-0.15, -0.1) is 0 Å². The minimum absolute atomic E-state index is 0.315. The summed E-state index contributed by atoms with van der Waals surface area (Å²) in [5.74, 6) is -3.80. The highest BCUT2D eigenvalue weighted by Gasteiger charge is 2.17. The van der Waals surface area contributed by atoms with Crippen LogP contribution in [-0.2, 0) is 14.9 Å². The van der Waals surface area contributed by atoms with Crippen LogP contribution in [-0.4, -0.2) is 22.5 Å². The second-order valence-electron chi connectivity index (χ2n) is 3.42. The van der Waals surface area contributed by atoms with E-state index >= 15 is 0 Å². The molecule has 2 nitrogen and oxygen atoms in total. The van der Waals surface area contributed by atoms with E-state index in [0.717, 1.165) is 12.1 Å². The van der Waals surface area contributed by atoms with E-state index in [1.807, 2.05) is 13.8 Å². The van der Waals surface area contributed by atoms with Crippen molar-refractivity contribution in [1.82, 2.24) is 0 Å². The van der Waals surface area contributed by atoms with Gasteiger partial charge in [0.1, 0.15) is 0 Å². The lowest BCUT2D eigenvalue weighted by Crippen LogP contribution is -2.26. The highest BCUT2D eigenvalue weighted by molar-refractivity contribution is 6.43. The third-order valence-corrected chi connectivity index (χ3v) is 4.37. The summed E-state index contributed by atoms with van der Waals surface area (Å²) in [6, 6.07) is 2.28. The summed E-state index contributed by atoms with van der Waals surface area (Å²) in [5, 5.41) is 0. The van der Waals surface area contributed by atoms with Crippen LogP contribution in [0.1, 0.15) is 19.4 Å². The Morgan fingerprint density at radius 1 is 1.00 bits per heavy atom. The molecule has 6 heteroatoms. The molecule has 0 aromatic heterocycles. The van der Waals surface area contributed by atoms with Crippen molar-refractivity contribution < 1.29 is 22.0 Å². The molecule has 1 rings (SSSR count). The van der Waals surface area contributed by atoms with Gasteiger partial charge in [0.15, 0.2) is 17.5 Å². The number of hydrogen-bond acceptors (Lipinski definition) is 2. The van der Waals surface area contributed by atoms with Crippen molar-refractivity contribution in [3.8, 4) is 0 Å². The molecule has 0 saturated carbocycles. The molecule has 0 aliphatic heterocycles. The third kappa shape index (κ3) is 4.14. The molecule has 96 valence electrons. The van der Waals surface area contributed by atoms with E-state index in [1.165, 1.54) is 0 Å². The molecule has 0 aliphatic carbocycles. The first kappa shape index (κ1) is 14.2. The van der Waals surface area contributed by atoms with Crippen molar-refractivity contribution in [2.45, 2.75) is 19.9 Å². The topological polar surface area (TPSA) is 18.5 Å². The maximum atomic E-state index is 13.0. The molecule has 0 amide bonds. The van der Waals surface area contributed by atoms with E-state index in [2.05, 4.69) is 0 Å². The average molecular weight is 264 g/mol. The second-order valence-corrected chi connectivity index (χ2v) is 5.35. The monoisotopic (exact) mass is 264 g/mol. The second kappa shape index (κ2) is 6.78. The summed E-state index contributed by atoms with van der Waals surface area (Å²) in [4.78, 5) is 0. The Morgan fingerprint density at radius 3 is 1.88 bits per heavy atom. The van der Waals surface area contributed by atoms with Crippen molar-refractivity contribution in [2.75, 3.05) is 13.2 Å². The Morgan fingerprint density at radius 2 is 1.47 bits per heavy atom. The van der Waals surface area contributed by atoms with Crippen LogP contribution in [0.2, 0.25) is 0 Å². The Labute approximate surface area is 100 Å². The highest BCUT2D eigenvalue weighted by Crippen LogP contribution is 2.15. The summed E-state index contributed by atoms with van der Waals surface area (Å²) in [7, 11) is -1.97. The fraction of sp³-hybridized carbons (Fsp3) is 0.455. The van der Waals surface area contributed by atoms with Gasteiger partial charge in [-0.05, 0) is 31.5 Å². The van der Waals surface area contributed by atoms with Crippen LogP contribution in [0, 0.1) is 17.5 Å². The molecule has 0 bridgehead atoms. The van der Waals surface area contributed by atoms with E-state index in [1.54, 1.807) is 0 Å². The van der Waals surface area contributed by atoms with Crippen molar-refractivity contribution in [1.29, 1.82) is 0 Å². The summed E-state index contributed by atoms with van der Waals surface area (Å²) in [6.45, 7) is 4.63. The minimum atomic E-state index is -1.97. The lowest BCUT2D eigenvalue weighted by molar-refractivity contribution is 0.213. The van der Waals surface area contributed by atoms with Gasteiger partial charge in [-0.25, -0.2) is 13.2 Å². The van der Waals surface area contributed by atoms with Gasteiger partial charge >= 0.3 is 9.28 Å². The first-order valence-corrected chi connectivity index (χ1v) is 7.21. The van der Waals surface area contributed by atoms with Crippen LogP contribution < -0.4 is 0 Å². The molecule has 0 heterocycles. The van der Waals surface area contributed by atoms with Crippen molar-refractivity contribution in [3.63, 3.8) is 0 Å². The van der Waals surface area contributed by atoms with Crippen LogP contribution in [0.25, 0.3) is 0 Å². The minimum Gasteiger partial charge on any atom is -0.397 e. The van der Waals surface area contributed by atoms with Gasteiger partial charge in [-0.1, -0.05) is 0 Å². The van der Waals surface area contributed by atoms with E-state index in [0.29, 0.717) is 24.8 Å². The summed E-state index contributed by atoms with van der Waals surface area (Å²) in [6.07, 6.45) is 0. The predicted octanol–water partition coefficient (Wildman–Crippen LogP) is 2.48. The van der Waals surface area contributed by atoms with Crippen molar-refractivity contribution in [2.24, 2.45) is 0 Å². The van der Waals surface area contributed by atoms with Crippen LogP contribution >= 0.6 is 0 Å². The molecule has 0 saturated heterocycles. The molecule has 1 aromatic carbocycles. The zero-order chi connectivity index (χ0) is 12.8. The molecule has 0 atom stereocenters. The van der Waals surface area contributed by atoms with Crippen LogP contribution in [0.4, 0.5) is 13.2 Å². The van der Waals surface area contributed by atoms with Crippen molar-refractivity contribution >= 4 is 9.28 Å². The first-order valence-electron chi connectivity index (χ1n) is 5.45. The van der Waals surface area contributed by atoms with E-state index < -0.39 is 26.7 Å². The third-order valence-electron chi connectivity index (χ3n) is 2.15. The van der Waals surface area contributed by atoms with E-state index in [4.69, 9.17) is 8.85 Å². The summed E-state index contributed by atoms with van der Waals surface area (Å²) >= 11 is 0. The molecular weight excluding hydrogens is 249 g/mol. The predicted molar refractivity (Wildman–Crippen MR) is 60.4 cm³/mol. The zero-order valence-electron chi connectivity index (χ0n) is 9.80. The Kier molecular flexibility index (Phi) is 5.67. The molecule has 0 radical (unpaired) electrons. The lowest BCUT2D eigenvalue weighted by atomic mass is 10.2. The molecule has 0 unspecified atom stereocenters. The van der Waals surface area contributed by atoms with Gasteiger partial charge < -0.3 is 8.85 Å². The van der Waals surface area contributed by atoms with Gasteiger partial charge in [0.25, 0.3) is 0 Å². The number of halogens is 3. The van der Waals surface area contributed by atoms with Crippen LogP contribution in [0.15, 0.2) is 12.1 Å². The fourth-order valence-electron chi connectivity index (χ4n) is 1.46. The molecule has 0 fully saturated rings. The van der Waals surface area contributed by atoms with Gasteiger partial charge in [0.2, 0.25) is 0 Å². The highest BCUT2D eigenvalue weighted by atomic mass is 28.3. The molecule has 17 heavy (non-hydrogen) atoms. The number of hydrogen-bond donors (Lipinski definition) is 0. The Balaban J connectivity index is 2.78. The smallest absolute Gasteiger partial charge is 0.325 e. The van der Waals surface area contributed by atoms with E-state index in [-0.39, 0.29) is 0 Å². The summed E-state index contributed by atoms with van der Waals surface area (Å²) < 4.78 is 49.5. The van der Waals surface area contributed by atoms with Crippen LogP contribution in [0.5, 0.6) is 0 Å². The maximum absolute atomic E-state index is 13.0. The van der Waals surface area contributed by atoms with Gasteiger partial charge in [-0.2, -0.15) is 0 Å².